The van der Waals surface area contributed by atoms with Gasteiger partial charge in [0.05, 0.1) is 17.0 Å². The van der Waals surface area contributed by atoms with Gasteiger partial charge in [0, 0.05) is 6.54 Å². The average Bonchev–Trinajstić information content (AvgIpc) is 2.87. The number of thioether (sulfide) groups is 1. The number of phenols is 1. The van der Waals surface area contributed by atoms with Crippen LogP contribution >= 0.6 is 23.1 Å². The normalized spacial score (nSPS) is 10.3. The first-order valence-electron chi connectivity index (χ1n) is 5.92. The highest BCUT2D eigenvalue weighted by molar-refractivity contribution is 8.00. The lowest BCUT2D eigenvalue weighted by Gasteiger charge is -2.06. The molecule has 0 spiro atoms. The second-order valence-corrected chi connectivity index (χ2v) is 6.16. The van der Waals surface area contributed by atoms with Gasteiger partial charge in [-0.3, -0.25) is 0 Å². The molecule has 0 aliphatic rings. The van der Waals surface area contributed by atoms with E-state index in [1.54, 1.807) is 36.0 Å². The summed E-state index contributed by atoms with van der Waals surface area (Å²) >= 11 is 2.99. The largest absolute Gasteiger partial charge is 0.508 e. The average molecular weight is 309 g/mol. The van der Waals surface area contributed by atoms with Gasteiger partial charge in [0.1, 0.15) is 10.6 Å². The first kappa shape index (κ1) is 14.7. The maximum Gasteiger partial charge on any atom is 0.348 e. The van der Waals surface area contributed by atoms with Crippen molar-refractivity contribution >= 4 is 34.8 Å². The number of thiophene rings is 1. The Morgan fingerprint density at radius 2 is 2.25 bits per heavy atom. The van der Waals surface area contributed by atoms with E-state index in [4.69, 9.17) is 4.74 Å². The number of carbonyl (C=O) groups is 1. The molecule has 1 aromatic heterocycles. The lowest BCUT2D eigenvalue weighted by molar-refractivity contribution is 0.0606. The Hall–Kier alpha value is -1.66. The van der Waals surface area contributed by atoms with Crippen LogP contribution in [-0.2, 0) is 11.3 Å². The Kier molecular flexibility index (Phi) is 4.92. The summed E-state index contributed by atoms with van der Waals surface area (Å²) in [6.07, 6.45) is 1.96. The molecule has 0 radical (unpaired) electrons. The molecule has 0 aliphatic carbocycles. The number of hydrogen-bond acceptors (Lipinski definition) is 6. The molecule has 0 bridgehead atoms. The number of anilines is 1. The predicted octanol–water partition coefficient (Wildman–Crippen LogP) is 3.57. The van der Waals surface area contributed by atoms with Gasteiger partial charge in [-0.05, 0) is 30.0 Å². The maximum absolute atomic E-state index is 11.5. The number of hydrogen-bond donors (Lipinski definition) is 2. The van der Waals surface area contributed by atoms with Crippen LogP contribution in [0.3, 0.4) is 0 Å². The quantitative estimate of drug-likeness (QED) is 0.653. The lowest BCUT2D eigenvalue weighted by Crippen LogP contribution is -2.00. The zero-order valence-electron chi connectivity index (χ0n) is 11.2. The number of rotatable bonds is 5. The van der Waals surface area contributed by atoms with Crippen LogP contribution in [0.4, 0.5) is 5.69 Å². The van der Waals surface area contributed by atoms with Gasteiger partial charge < -0.3 is 15.2 Å². The van der Waals surface area contributed by atoms with Crippen LogP contribution in [0.5, 0.6) is 5.75 Å². The van der Waals surface area contributed by atoms with Gasteiger partial charge >= 0.3 is 5.97 Å². The van der Waals surface area contributed by atoms with Crippen molar-refractivity contribution in [3.63, 3.8) is 0 Å². The molecule has 1 aromatic carbocycles. The van der Waals surface area contributed by atoms with Crippen molar-refractivity contribution in [2.24, 2.45) is 0 Å². The monoisotopic (exact) mass is 309 g/mol. The number of benzene rings is 1. The fraction of sp³-hybridized carbons (Fsp3) is 0.214. The number of esters is 1. The van der Waals surface area contributed by atoms with Gasteiger partial charge in [-0.25, -0.2) is 4.79 Å². The van der Waals surface area contributed by atoms with Crippen molar-refractivity contribution in [1.29, 1.82) is 0 Å². The molecular weight excluding hydrogens is 294 g/mol. The summed E-state index contributed by atoms with van der Waals surface area (Å²) in [6.45, 7) is 0.583. The summed E-state index contributed by atoms with van der Waals surface area (Å²) in [5.74, 6) is -0.0781. The Bertz CT molecular complexity index is 610. The van der Waals surface area contributed by atoms with E-state index < -0.39 is 0 Å². The van der Waals surface area contributed by atoms with Crippen molar-refractivity contribution in [1.82, 2.24) is 0 Å². The summed E-state index contributed by atoms with van der Waals surface area (Å²) < 4.78 is 5.76. The van der Waals surface area contributed by atoms with E-state index in [2.05, 4.69) is 5.32 Å². The zero-order chi connectivity index (χ0) is 14.5. The molecule has 0 amide bonds. The molecular formula is C14H15NO3S2. The molecule has 6 heteroatoms. The molecule has 20 heavy (non-hydrogen) atoms. The van der Waals surface area contributed by atoms with Crippen LogP contribution in [0.25, 0.3) is 0 Å². The van der Waals surface area contributed by atoms with Crippen molar-refractivity contribution in [2.75, 3.05) is 18.7 Å². The Morgan fingerprint density at radius 1 is 1.45 bits per heavy atom. The fourth-order valence-electron chi connectivity index (χ4n) is 1.71. The Morgan fingerprint density at radius 3 is 2.90 bits per heavy atom. The molecule has 106 valence electrons. The molecule has 0 atom stereocenters. The highest BCUT2D eigenvalue weighted by Crippen LogP contribution is 2.35. The van der Waals surface area contributed by atoms with Crippen molar-refractivity contribution in [3.05, 3.63) is 40.8 Å². The van der Waals surface area contributed by atoms with Crippen LogP contribution in [0.1, 0.15) is 15.2 Å². The van der Waals surface area contributed by atoms with Crippen molar-refractivity contribution in [2.45, 2.75) is 10.8 Å². The SMILES string of the molecule is COC(=O)c1cc(NCc2cccc(O)c2)c(SC)s1. The Labute approximate surface area is 125 Å². The van der Waals surface area contributed by atoms with Crippen LogP contribution in [0.2, 0.25) is 0 Å². The minimum absolute atomic E-state index is 0.245. The van der Waals surface area contributed by atoms with Gasteiger partial charge in [-0.1, -0.05) is 12.1 Å². The third kappa shape index (κ3) is 3.46. The standard InChI is InChI=1S/C14H15NO3S2/c1-18-13(17)12-7-11(14(19-2)20-12)15-8-9-4-3-5-10(16)6-9/h3-7,15-16H,8H2,1-2H3. The van der Waals surface area contributed by atoms with E-state index in [0.717, 1.165) is 15.5 Å². The van der Waals surface area contributed by atoms with Crippen molar-refractivity contribution in [3.8, 4) is 5.75 Å². The Balaban J connectivity index is 2.12. The first-order chi connectivity index (χ1) is 9.63. The molecule has 2 N–H and O–H groups in total. The van der Waals surface area contributed by atoms with Gasteiger partial charge in [-0.15, -0.1) is 23.1 Å². The number of nitrogens with one attached hydrogen (secondary N) is 1. The van der Waals surface area contributed by atoms with E-state index in [0.29, 0.717) is 11.4 Å². The van der Waals surface area contributed by atoms with E-state index in [1.807, 2.05) is 12.3 Å². The first-order valence-corrected chi connectivity index (χ1v) is 7.96. The number of carbonyl (C=O) groups excluding carboxylic acids is 1. The van der Waals surface area contributed by atoms with Crippen molar-refractivity contribution < 1.29 is 14.6 Å². The molecule has 0 fully saturated rings. The predicted molar refractivity (Wildman–Crippen MR) is 82.9 cm³/mol. The summed E-state index contributed by atoms with van der Waals surface area (Å²) in [5.41, 5.74) is 1.88. The highest BCUT2D eigenvalue weighted by Gasteiger charge is 2.14. The zero-order valence-corrected chi connectivity index (χ0v) is 12.8. The molecule has 0 saturated carbocycles. The molecule has 1 heterocycles. The van der Waals surface area contributed by atoms with Crippen LogP contribution < -0.4 is 5.32 Å². The number of phenolic OH excluding ortho intramolecular Hbond substituents is 1. The molecule has 2 aromatic rings. The van der Waals surface area contributed by atoms with E-state index in [-0.39, 0.29) is 11.7 Å². The molecule has 0 aliphatic heterocycles. The van der Waals surface area contributed by atoms with E-state index >= 15 is 0 Å². The van der Waals surface area contributed by atoms with E-state index in [9.17, 15) is 9.90 Å². The number of ether oxygens (including phenoxy) is 1. The lowest BCUT2D eigenvalue weighted by atomic mass is 10.2. The summed E-state index contributed by atoms with van der Waals surface area (Å²) in [6, 6.07) is 8.87. The van der Waals surface area contributed by atoms with Gasteiger partial charge in [0.25, 0.3) is 0 Å². The third-order valence-corrected chi connectivity index (χ3v) is 4.91. The smallest absolute Gasteiger partial charge is 0.348 e. The summed E-state index contributed by atoms with van der Waals surface area (Å²) in [7, 11) is 1.38. The minimum atomic E-state index is -0.323. The van der Waals surface area contributed by atoms with Crippen LogP contribution in [-0.4, -0.2) is 24.4 Å². The fourth-order valence-corrected chi connectivity index (χ4v) is 3.45. The molecule has 0 unspecified atom stereocenters. The van der Waals surface area contributed by atoms with E-state index in [1.165, 1.54) is 18.4 Å². The van der Waals surface area contributed by atoms with Crippen LogP contribution in [0.15, 0.2) is 34.5 Å². The van der Waals surface area contributed by atoms with Gasteiger partial charge in [-0.2, -0.15) is 0 Å². The third-order valence-electron chi connectivity index (χ3n) is 2.66. The molecule has 0 saturated heterocycles. The second-order valence-electron chi connectivity index (χ2n) is 4.03. The summed E-state index contributed by atoms with van der Waals surface area (Å²) in [5, 5.41) is 12.7. The highest BCUT2D eigenvalue weighted by atomic mass is 32.2. The number of aromatic hydroxyl groups is 1. The second kappa shape index (κ2) is 6.67. The summed E-state index contributed by atoms with van der Waals surface area (Å²) in [4.78, 5) is 12.1. The number of methoxy groups -OCH3 is 1. The van der Waals surface area contributed by atoms with Crippen LogP contribution in [0, 0.1) is 0 Å². The molecule has 4 nitrogen and oxygen atoms in total. The minimum Gasteiger partial charge on any atom is -0.508 e. The van der Waals surface area contributed by atoms with Gasteiger partial charge in [0.2, 0.25) is 0 Å². The maximum atomic E-state index is 11.5. The topological polar surface area (TPSA) is 58.6 Å². The molecule has 2 rings (SSSR count). The van der Waals surface area contributed by atoms with Gasteiger partial charge in [0.15, 0.2) is 0 Å².